The highest BCUT2D eigenvalue weighted by Gasteiger charge is 2.14. The summed E-state index contributed by atoms with van der Waals surface area (Å²) in [6, 6.07) is 12.3. The monoisotopic (exact) mass is 308 g/mol. The summed E-state index contributed by atoms with van der Waals surface area (Å²) in [6.45, 7) is 2.61. The van der Waals surface area contributed by atoms with Gasteiger partial charge >= 0.3 is 0 Å². The molecule has 0 aliphatic rings. The van der Waals surface area contributed by atoms with E-state index in [4.69, 9.17) is 5.73 Å². The Bertz CT molecular complexity index is 557. The maximum absolute atomic E-state index is 13.9. The van der Waals surface area contributed by atoms with E-state index in [9.17, 15) is 4.39 Å². The molecule has 0 unspecified atom stereocenters. The molecular weight excluding hydrogens is 295 g/mol. The Morgan fingerprint density at radius 2 is 1.89 bits per heavy atom. The van der Waals surface area contributed by atoms with Crippen molar-refractivity contribution in [2.24, 2.45) is 0 Å². The lowest BCUT2D eigenvalue weighted by Gasteiger charge is -2.25. The fraction of sp³-hybridized carbons (Fsp3) is 0.143. The molecule has 2 nitrogen and oxygen atoms in total. The minimum atomic E-state index is -0.251. The quantitative estimate of drug-likeness (QED) is 0.855. The summed E-state index contributed by atoms with van der Waals surface area (Å²) in [5.74, 6) is -0.251. The van der Waals surface area contributed by atoms with Crippen molar-refractivity contribution >= 4 is 33.0 Å². The second-order valence-electron chi connectivity index (χ2n) is 3.90. The van der Waals surface area contributed by atoms with E-state index in [0.29, 0.717) is 17.9 Å². The second kappa shape index (κ2) is 5.40. The van der Waals surface area contributed by atoms with Gasteiger partial charge in [0, 0.05) is 11.0 Å². The van der Waals surface area contributed by atoms with Crippen molar-refractivity contribution in [3.63, 3.8) is 0 Å². The molecule has 4 heteroatoms. The van der Waals surface area contributed by atoms with Crippen LogP contribution in [-0.2, 0) is 0 Å². The van der Waals surface area contributed by atoms with Crippen LogP contribution in [0.2, 0.25) is 0 Å². The summed E-state index contributed by atoms with van der Waals surface area (Å²) >= 11 is 3.41. The van der Waals surface area contributed by atoms with E-state index in [0.717, 1.165) is 10.2 Å². The van der Waals surface area contributed by atoms with Gasteiger partial charge in [-0.15, -0.1) is 0 Å². The third-order valence-electron chi connectivity index (χ3n) is 2.74. The van der Waals surface area contributed by atoms with Gasteiger partial charge in [-0.2, -0.15) is 0 Å². The molecule has 0 radical (unpaired) electrons. The zero-order chi connectivity index (χ0) is 13.1. The van der Waals surface area contributed by atoms with E-state index in [2.05, 4.69) is 15.9 Å². The number of nitrogens with zero attached hydrogens (tertiary/aromatic N) is 1. The number of hydrogen-bond acceptors (Lipinski definition) is 2. The van der Waals surface area contributed by atoms with Crippen LogP contribution in [0.3, 0.4) is 0 Å². The first-order chi connectivity index (χ1) is 8.63. The van der Waals surface area contributed by atoms with Crippen LogP contribution < -0.4 is 10.6 Å². The average molecular weight is 309 g/mol. The van der Waals surface area contributed by atoms with Gasteiger partial charge in [-0.05, 0) is 37.3 Å². The zero-order valence-electron chi connectivity index (χ0n) is 10.0. The van der Waals surface area contributed by atoms with Gasteiger partial charge in [0.05, 0.1) is 17.1 Å². The first kappa shape index (κ1) is 12.9. The molecule has 0 aliphatic carbocycles. The van der Waals surface area contributed by atoms with Gasteiger partial charge < -0.3 is 10.6 Å². The Balaban J connectivity index is 2.52. The van der Waals surface area contributed by atoms with Crippen LogP contribution in [-0.4, -0.2) is 6.54 Å². The summed E-state index contributed by atoms with van der Waals surface area (Å²) in [7, 11) is 0. The Hall–Kier alpha value is -1.55. The normalized spacial score (nSPS) is 10.4. The molecule has 0 atom stereocenters. The summed E-state index contributed by atoms with van der Waals surface area (Å²) in [5.41, 5.74) is 7.93. The number of rotatable bonds is 3. The van der Waals surface area contributed by atoms with Gasteiger partial charge in [-0.1, -0.05) is 28.1 Å². The summed E-state index contributed by atoms with van der Waals surface area (Å²) in [5, 5.41) is 0. The van der Waals surface area contributed by atoms with Crippen LogP contribution in [0.4, 0.5) is 21.5 Å². The lowest BCUT2D eigenvalue weighted by molar-refractivity contribution is 0.626. The first-order valence-electron chi connectivity index (χ1n) is 5.70. The van der Waals surface area contributed by atoms with Crippen molar-refractivity contribution < 1.29 is 4.39 Å². The van der Waals surface area contributed by atoms with Gasteiger partial charge in [0.1, 0.15) is 5.82 Å². The van der Waals surface area contributed by atoms with Crippen molar-refractivity contribution in [3.8, 4) is 0 Å². The maximum atomic E-state index is 13.9. The number of halogens is 2. The Morgan fingerprint density at radius 3 is 2.56 bits per heavy atom. The molecule has 18 heavy (non-hydrogen) atoms. The molecular formula is C14H14BrFN2. The third kappa shape index (κ3) is 2.48. The molecule has 0 saturated heterocycles. The fourth-order valence-corrected chi connectivity index (χ4v) is 2.24. The van der Waals surface area contributed by atoms with E-state index >= 15 is 0 Å². The number of hydrogen-bond donors (Lipinski definition) is 1. The van der Waals surface area contributed by atoms with Crippen LogP contribution >= 0.6 is 15.9 Å². The van der Waals surface area contributed by atoms with Crippen LogP contribution in [0.5, 0.6) is 0 Å². The van der Waals surface area contributed by atoms with Crippen molar-refractivity contribution in [1.82, 2.24) is 0 Å². The summed E-state index contributed by atoms with van der Waals surface area (Å²) < 4.78 is 14.8. The molecule has 0 bridgehead atoms. The third-order valence-corrected chi connectivity index (χ3v) is 3.24. The Kier molecular flexibility index (Phi) is 3.87. The number of nitrogen functional groups attached to an aromatic ring is 1. The minimum Gasteiger partial charge on any atom is -0.397 e. The average Bonchev–Trinajstić information content (AvgIpc) is 2.36. The summed E-state index contributed by atoms with van der Waals surface area (Å²) in [6.07, 6.45) is 0. The molecule has 0 spiro atoms. The molecule has 2 aromatic rings. The molecule has 94 valence electrons. The molecule has 0 heterocycles. The molecule has 0 aromatic heterocycles. The lowest BCUT2D eigenvalue weighted by atomic mass is 10.2. The van der Waals surface area contributed by atoms with Crippen LogP contribution in [0.15, 0.2) is 46.9 Å². The van der Waals surface area contributed by atoms with E-state index in [1.165, 1.54) is 6.07 Å². The molecule has 0 aliphatic heterocycles. The first-order valence-corrected chi connectivity index (χ1v) is 6.50. The zero-order valence-corrected chi connectivity index (χ0v) is 11.6. The molecule has 0 fully saturated rings. The van der Waals surface area contributed by atoms with Gasteiger partial charge in [0.15, 0.2) is 0 Å². The molecule has 0 saturated carbocycles. The Morgan fingerprint density at radius 1 is 1.17 bits per heavy atom. The van der Waals surface area contributed by atoms with Gasteiger partial charge in [-0.25, -0.2) is 4.39 Å². The molecule has 2 rings (SSSR count). The van der Waals surface area contributed by atoms with E-state index in [-0.39, 0.29) is 5.82 Å². The summed E-state index contributed by atoms with van der Waals surface area (Å²) in [4.78, 5) is 1.86. The van der Waals surface area contributed by atoms with Gasteiger partial charge in [0.2, 0.25) is 0 Å². The highest BCUT2D eigenvalue weighted by molar-refractivity contribution is 9.10. The van der Waals surface area contributed by atoms with Crippen LogP contribution in [0.25, 0.3) is 0 Å². The van der Waals surface area contributed by atoms with E-state index in [1.807, 2.05) is 36.1 Å². The standard InChI is InChI=1S/C14H14BrFN2/c1-2-18(13-6-4-3-5-11(13)16)14-9-10(15)7-8-12(14)17/h3-9H,2,17H2,1H3. The van der Waals surface area contributed by atoms with Crippen LogP contribution in [0.1, 0.15) is 6.92 Å². The SMILES string of the molecule is CCN(c1cc(Br)ccc1N)c1ccccc1F. The molecule has 2 N–H and O–H groups in total. The number of nitrogens with two attached hydrogens (primary N) is 1. The predicted octanol–water partition coefficient (Wildman–Crippen LogP) is 4.33. The number of para-hydroxylation sites is 1. The number of benzene rings is 2. The van der Waals surface area contributed by atoms with Gasteiger partial charge in [-0.3, -0.25) is 0 Å². The smallest absolute Gasteiger partial charge is 0.146 e. The number of anilines is 3. The minimum absolute atomic E-state index is 0.251. The predicted molar refractivity (Wildman–Crippen MR) is 77.6 cm³/mol. The lowest BCUT2D eigenvalue weighted by Crippen LogP contribution is -2.18. The largest absolute Gasteiger partial charge is 0.397 e. The Labute approximate surface area is 114 Å². The van der Waals surface area contributed by atoms with E-state index < -0.39 is 0 Å². The molecule has 0 amide bonds. The molecule has 2 aromatic carbocycles. The maximum Gasteiger partial charge on any atom is 0.146 e. The van der Waals surface area contributed by atoms with Crippen molar-refractivity contribution in [3.05, 3.63) is 52.8 Å². The highest BCUT2D eigenvalue weighted by Crippen LogP contribution is 2.33. The van der Waals surface area contributed by atoms with Crippen molar-refractivity contribution in [1.29, 1.82) is 0 Å². The topological polar surface area (TPSA) is 29.3 Å². The second-order valence-corrected chi connectivity index (χ2v) is 4.81. The van der Waals surface area contributed by atoms with E-state index in [1.54, 1.807) is 12.1 Å². The van der Waals surface area contributed by atoms with Crippen LogP contribution in [0, 0.1) is 5.82 Å². The van der Waals surface area contributed by atoms with Crippen molar-refractivity contribution in [2.75, 3.05) is 17.2 Å². The highest BCUT2D eigenvalue weighted by atomic mass is 79.9. The van der Waals surface area contributed by atoms with Gasteiger partial charge in [0.25, 0.3) is 0 Å². The van der Waals surface area contributed by atoms with Crippen molar-refractivity contribution in [2.45, 2.75) is 6.92 Å². The fourth-order valence-electron chi connectivity index (χ4n) is 1.89.